The predicted molar refractivity (Wildman–Crippen MR) is 29.0 cm³/mol. The minimum Gasteiger partial charge on any atom is -0.270 e. The highest BCUT2D eigenvalue weighted by Gasteiger charge is 1.55. The molecule has 1 heteroatoms. The lowest BCUT2D eigenvalue weighted by Crippen LogP contribution is -1.59. The summed E-state index contributed by atoms with van der Waals surface area (Å²) in [6.07, 6.45) is 4.34. The zero-order valence-electron chi connectivity index (χ0n) is 4.02. The van der Waals surface area contributed by atoms with Crippen molar-refractivity contribution >= 4 is 6.21 Å². The normalized spacial score (nSPS) is 9.50. The quantitative estimate of drug-likeness (QED) is 0.450. The minimum atomic E-state index is 0.992. The molecule has 0 spiro atoms. The first-order valence-corrected chi connectivity index (χ1v) is 2.04. The van der Waals surface area contributed by atoms with E-state index in [4.69, 9.17) is 0 Å². The molecule has 0 saturated carbocycles. The van der Waals surface area contributed by atoms with Gasteiger partial charge < -0.3 is 0 Å². The molecule has 0 saturated heterocycles. The van der Waals surface area contributed by atoms with Crippen LogP contribution in [0.15, 0.2) is 17.8 Å². The van der Waals surface area contributed by atoms with Crippen LogP contribution in [0, 0.1) is 0 Å². The Morgan fingerprint density at radius 2 is 2.50 bits per heavy atom. The second-order valence-electron chi connectivity index (χ2n) is 0.922. The average molecular weight is 83.1 g/mol. The van der Waals surface area contributed by atoms with E-state index >= 15 is 0 Å². The molecule has 0 N–H and O–H groups in total. The number of hydrogen-bond donors (Lipinski definition) is 0. The summed E-state index contributed by atoms with van der Waals surface area (Å²) in [5.74, 6) is 0. The molecule has 0 unspecified atom stereocenters. The topological polar surface area (TPSA) is 12.4 Å². The third kappa shape index (κ3) is 3.41. The van der Waals surface area contributed by atoms with E-state index in [1.54, 1.807) is 0 Å². The largest absolute Gasteiger partial charge is 0.270 e. The Balaban J connectivity index is 2.94. The molecule has 0 aromatic rings. The van der Waals surface area contributed by atoms with Crippen molar-refractivity contribution in [3.05, 3.63) is 12.8 Å². The number of hydrogen-bond acceptors (Lipinski definition) is 1. The highest BCUT2D eigenvalue weighted by atomic mass is 14.6. The van der Waals surface area contributed by atoms with Crippen molar-refractivity contribution in [3.63, 3.8) is 0 Å². The zero-order chi connectivity index (χ0) is 4.83. The van der Waals surface area contributed by atoms with E-state index in [2.05, 4.69) is 11.6 Å². The van der Waals surface area contributed by atoms with E-state index in [1.807, 2.05) is 13.1 Å². The van der Waals surface area contributed by atoms with Crippen molar-refractivity contribution in [1.82, 2.24) is 0 Å². The fourth-order valence-electron chi connectivity index (χ4n) is 0.180. The first kappa shape index (κ1) is 5.41. The van der Waals surface area contributed by atoms with Gasteiger partial charge in [-0.2, -0.15) is 0 Å². The summed E-state index contributed by atoms with van der Waals surface area (Å²) >= 11 is 0. The van der Waals surface area contributed by atoms with Gasteiger partial charge in [0.25, 0.3) is 0 Å². The summed E-state index contributed by atoms with van der Waals surface area (Å²) < 4.78 is 0. The average Bonchev–Trinajstić information content (AvgIpc) is 1.61. The second kappa shape index (κ2) is 4.41. The van der Waals surface area contributed by atoms with Gasteiger partial charge >= 0.3 is 0 Å². The summed E-state index contributed by atoms with van der Waals surface area (Å²) in [6, 6.07) is 0. The van der Waals surface area contributed by atoms with Gasteiger partial charge in [-0.3, -0.25) is 4.99 Å². The van der Waals surface area contributed by atoms with Crippen LogP contribution in [0.1, 0.15) is 13.3 Å². The van der Waals surface area contributed by atoms with Crippen LogP contribution in [0.25, 0.3) is 0 Å². The second-order valence-corrected chi connectivity index (χ2v) is 0.922. The van der Waals surface area contributed by atoms with Crippen LogP contribution in [0.3, 0.4) is 0 Å². The Morgan fingerprint density at radius 1 is 1.83 bits per heavy atom. The molecule has 0 aliphatic carbocycles. The lowest BCUT2D eigenvalue weighted by atomic mass is 10.5. The van der Waals surface area contributed by atoms with Crippen LogP contribution in [0.4, 0.5) is 0 Å². The van der Waals surface area contributed by atoms with Gasteiger partial charge in [0.1, 0.15) is 0 Å². The SMILES string of the molecule is C=CN=CCC. The van der Waals surface area contributed by atoms with Crippen molar-refractivity contribution in [2.24, 2.45) is 4.99 Å². The van der Waals surface area contributed by atoms with E-state index in [0.717, 1.165) is 6.42 Å². The van der Waals surface area contributed by atoms with Crippen molar-refractivity contribution in [1.29, 1.82) is 0 Å². The van der Waals surface area contributed by atoms with Gasteiger partial charge in [-0.1, -0.05) is 13.5 Å². The van der Waals surface area contributed by atoms with E-state index in [1.165, 1.54) is 6.20 Å². The van der Waals surface area contributed by atoms with Crippen molar-refractivity contribution in [2.45, 2.75) is 13.3 Å². The molecule has 0 rings (SSSR count). The van der Waals surface area contributed by atoms with Gasteiger partial charge in [-0.15, -0.1) is 0 Å². The molecule has 0 bridgehead atoms. The maximum atomic E-state index is 3.73. The van der Waals surface area contributed by atoms with Crippen LogP contribution in [0.5, 0.6) is 0 Å². The van der Waals surface area contributed by atoms with Gasteiger partial charge in [-0.05, 0) is 6.42 Å². The standard InChI is InChI=1S/C5H9N/c1-3-5-6-4-2/h4-5H,2-3H2,1H3. The predicted octanol–water partition coefficient (Wildman–Crippen LogP) is 1.61. The first-order chi connectivity index (χ1) is 2.91. The Hall–Kier alpha value is -0.590. The fraction of sp³-hybridized carbons (Fsp3) is 0.400. The minimum absolute atomic E-state index is 0.992. The molecule has 34 valence electrons. The summed E-state index contributed by atoms with van der Waals surface area (Å²) in [7, 11) is 0. The van der Waals surface area contributed by atoms with E-state index in [-0.39, 0.29) is 0 Å². The summed E-state index contributed by atoms with van der Waals surface area (Å²) in [6.45, 7) is 5.44. The Labute approximate surface area is 38.4 Å². The van der Waals surface area contributed by atoms with E-state index in [9.17, 15) is 0 Å². The summed E-state index contributed by atoms with van der Waals surface area (Å²) in [4.78, 5) is 3.73. The Kier molecular flexibility index (Phi) is 3.98. The van der Waals surface area contributed by atoms with Gasteiger partial charge in [0, 0.05) is 12.4 Å². The molecule has 0 aromatic carbocycles. The third-order valence-corrected chi connectivity index (χ3v) is 0.393. The van der Waals surface area contributed by atoms with Crippen LogP contribution < -0.4 is 0 Å². The van der Waals surface area contributed by atoms with Crippen molar-refractivity contribution < 1.29 is 0 Å². The molecular formula is C5H9N. The molecular weight excluding hydrogens is 74.1 g/mol. The van der Waals surface area contributed by atoms with Crippen LogP contribution in [-0.2, 0) is 0 Å². The molecule has 0 aliphatic rings. The molecule has 6 heavy (non-hydrogen) atoms. The number of aliphatic imine (C=N–C) groups is 1. The molecule has 1 nitrogen and oxygen atoms in total. The van der Waals surface area contributed by atoms with Gasteiger partial charge in [0.2, 0.25) is 0 Å². The first-order valence-electron chi connectivity index (χ1n) is 2.04. The molecule has 0 fully saturated rings. The lowest BCUT2D eigenvalue weighted by molar-refractivity contribution is 1.31. The van der Waals surface area contributed by atoms with Crippen molar-refractivity contribution in [3.8, 4) is 0 Å². The molecule has 0 amide bonds. The molecule has 0 heterocycles. The Bertz CT molecular complexity index is 55.0. The molecule has 0 aromatic heterocycles. The fourth-order valence-corrected chi connectivity index (χ4v) is 0.180. The summed E-state index contributed by atoms with van der Waals surface area (Å²) in [5, 5.41) is 0. The highest BCUT2D eigenvalue weighted by Crippen LogP contribution is 1.67. The smallest absolute Gasteiger partial charge is 0.0191 e. The summed E-state index contributed by atoms with van der Waals surface area (Å²) in [5.41, 5.74) is 0. The van der Waals surface area contributed by atoms with Crippen LogP contribution in [0.2, 0.25) is 0 Å². The van der Waals surface area contributed by atoms with Crippen LogP contribution in [-0.4, -0.2) is 6.21 Å². The monoisotopic (exact) mass is 83.1 g/mol. The van der Waals surface area contributed by atoms with Gasteiger partial charge in [-0.25, -0.2) is 0 Å². The molecule has 0 aliphatic heterocycles. The van der Waals surface area contributed by atoms with Crippen LogP contribution >= 0.6 is 0 Å². The lowest BCUT2D eigenvalue weighted by Gasteiger charge is -1.68. The zero-order valence-corrected chi connectivity index (χ0v) is 4.02. The maximum Gasteiger partial charge on any atom is 0.0191 e. The number of rotatable bonds is 2. The van der Waals surface area contributed by atoms with E-state index < -0.39 is 0 Å². The molecule has 0 atom stereocenters. The highest BCUT2D eigenvalue weighted by molar-refractivity contribution is 5.57. The molecule has 0 radical (unpaired) electrons. The maximum absolute atomic E-state index is 3.73. The van der Waals surface area contributed by atoms with E-state index in [0.29, 0.717) is 0 Å². The van der Waals surface area contributed by atoms with Gasteiger partial charge in [0.05, 0.1) is 0 Å². The van der Waals surface area contributed by atoms with Gasteiger partial charge in [0.15, 0.2) is 0 Å². The van der Waals surface area contributed by atoms with Crippen molar-refractivity contribution in [2.75, 3.05) is 0 Å². The number of nitrogens with zero attached hydrogens (tertiary/aromatic N) is 1. The Morgan fingerprint density at radius 3 is 2.67 bits per heavy atom. The third-order valence-electron chi connectivity index (χ3n) is 0.393.